The van der Waals surface area contributed by atoms with E-state index in [1.54, 1.807) is 37.2 Å². The number of imidazole rings is 1. The van der Waals surface area contributed by atoms with Crippen LogP contribution in [0.15, 0.2) is 73.1 Å². The fourth-order valence-electron chi connectivity index (χ4n) is 5.76. The summed E-state index contributed by atoms with van der Waals surface area (Å²) in [5.74, 6) is 2.25. The molecule has 5 aromatic rings. The molecule has 0 atom stereocenters. The second-order valence-electron chi connectivity index (χ2n) is 11.4. The van der Waals surface area contributed by atoms with E-state index in [1.165, 1.54) is 24.8 Å². The Hall–Kier alpha value is -5.04. The first-order valence-corrected chi connectivity index (χ1v) is 15.2. The summed E-state index contributed by atoms with van der Waals surface area (Å²) in [5.41, 5.74) is 2.91. The van der Waals surface area contributed by atoms with Crippen molar-refractivity contribution in [3.05, 3.63) is 89.7 Å². The third kappa shape index (κ3) is 7.35. The molecule has 47 heavy (non-hydrogen) atoms. The van der Waals surface area contributed by atoms with Crippen molar-refractivity contribution in [1.82, 2.24) is 24.4 Å². The van der Waals surface area contributed by atoms with Gasteiger partial charge in [0.2, 0.25) is 11.7 Å². The van der Waals surface area contributed by atoms with E-state index in [2.05, 4.69) is 44.8 Å². The van der Waals surface area contributed by atoms with Gasteiger partial charge in [-0.3, -0.25) is 4.90 Å². The lowest BCUT2D eigenvalue weighted by Crippen LogP contribution is -2.39. The third-order valence-electron chi connectivity index (χ3n) is 8.20. The molecular weight excluding hydrogens is 611 g/mol. The summed E-state index contributed by atoms with van der Waals surface area (Å²) in [4.78, 5) is 16.7. The van der Waals surface area contributed by atoms with Crippen molar-refractivity contribution in [3.8, 4) is 17.2 Å². The first-order valence-electron chi connectivity index (χ1n) is 15.2. The number of anilines is 3. The van der Waals surface area contributed by atoms with Crippen LogP contribution in [-0.2, 0) is 19.3 Å². The maximum atomic E-state index is 13.2. The zero-order valence-corrected chi connectivity index (χ0v) is 26.3. The van der Waals surface area contributed by atoms with Gasteiger partial charge in [0.15, 0.2) is 28.5 Å². The van der Waals surface area contributed by atoms with E-state index in [0.717, 1.165) is 44.6 Å². The van der Waals surface area contributed by atoms with E-state index >= 15 is 0 Å². The molecule has 3 aromatic carbocycles. The predicted octanol–water partition coefficient (Wildman–Crippen LogP) is 6.74. The molecule has 1 aliphatic heterocycles. The van der Waals surface area contributed by atoms with Crippen LogP contribution in [0.3, 0.4) is 0 Å². The Morgan fingerprint density at radius 1 is 0.830 bits per heavy atom. The number of aromatic nitrogens is 4. The number of likely N-dealkylation sites (tertiary alicyclic amines) is 1. The number of rotatable bonds is 11. The predicted molar refractivity (Wildman–Crippen MR) is 174 cm³/mol. The minimum atomic E-state index is -4.40. The van der Waals surface area contributed by atoms with Crippen molar-refractivity contribution in [1.29, 1.82) is 0 Å². The number of alkyl halides is 3. The molecule has 0 amide bonds. The van der Waals surface area contributed by atoms with E-state index < -0.39 is 11.7 Å². The Balaban J connectivity index is 1.29. The van der Waals surface area contributed by atoms with Crippen LogP contribution in [-0.4, -0.2) is 64.9 Å². The Bertz CT molecular complexity index is 1780. The zero-order valence-electron chi connectivity index (χ0n) is 26.3. The molecular formula is C34H36F3N7O3. The molecule has 2 aromatic heterocycles. The average molecular weight is 648 g/mol. The number of methoxy groups -OCH3 is 3. The lowest BCUT2D eigenvalue weighted by molar-refractivity contribution is -0.137. The highest BCUT2D eigenvalue weighted by Gasteiger charge is 2.30. The molecule has 0 saturated carbocycles. The molecule has 246 valence electrons. The SMILES string of the molecule is COc1cc(Nc2nc(NC3CCN(Cc4ccccc4)CC3)nc3c2ncn3Cc2ccc(C(F)(F)F)cc2)cc(OC)c1OC. The van der Waals surface area contributed by atoms with Gasteiger partial charge in [0, 0.05) is 43.5 Å². The van der Waals surface area contributed by atoms with Gasteiger partial charge in [-0.05, 0) is 36.1 Å². The second kappa shape index (κ2) is 13.8. The van der Waals surface area contributed by atoms with Crippen LogP contribution in [0.4, 0.5) is 30.6 Å². The first kappa shape index (κ1) is 31.9. The van der Waals surface area contributed by atoms with Gasteiger partial charge >= 0.3 is 6.18 Å². The highest BCUT2D eigenvalue weighted by atomic mass is 19.4. The van der Waals surface area contributed by atoms with Gasteiger partial charge in [-0.1, -0.05) is 42.5 Å². The summed E-state index contributed by atoms with van der Waals surface area (Å²) in [6, 6.07) is 19.2. The van der Waals surface area contributed by atoms with Crippen molar-refractivity contribution in [2.24, 2.45) is 0 Å². The number of fused-ring (bicyclic) bond motifs is 1. The van der Waals surface area contributed by atoms with Crippen LogP contribution in [0.5, 0.6) is 17.2 Å². The number of nitrogens with zero attached hydrogens (tertiary/aromatic N) is 5. The minimum absolute atomic E-state index is 0.153. The lowest BCUT2D eigenvalue weighted by atomic mass is 10.0. The standard InChI is InChI=1S/C34H36F3N7O3/c1-45-27-17-26(18-28(46-2)30(27)47-3)39-31-29-32(44(21-38-29)20-23-9-11-24(12-10-23)34(35,36)37)42-33(41-31)40-25-13-15-43(16-14-25)19-22-7-5-4-6-8-22/h4-12,17-18,21,25H,13-16,19-20H2,1-3H3,(H2,39,40,41,42). The molecule has 0 aliphatic carbocycles. The second-order valence-corrected chi connectivity index (χ2v) is 11.4. The summed E-state index contributed by atoms with van der Waals surface area (Å²) in [7, 11) is 4.62. The molecule has 0 unspecified atom stereocenters. The first-order chi connectivity index (χ1) is 22.7. The van der Waals surface area contributed by atoms with E-state index in [-0.39, 0.29) is 12.6 Å². The zero-order chi connectivity index (χ0) is 33.0. The quantitative estimate of drug-likeness (QED) is 0.162. The van der Waals surface area contributed by atoms with Gasteiger partial charge in [0.05, 0.1) is 39.8 Å². The lowest BCUT2D eigenvalue weighted by Gasteiger charge is -2.32. The number of hydrogen-bond acceptors (Lipinski definition) is 9. The van der Waals surface area contributed by atoms with Crippen molar-refractivity contribution >= 4 is 28.6 Å². The minimum Gasteiger partial charge on any atom is -0.493 e. The fourth-order valence-corrected chi connectivity index (χ4v) is 5.76. The van der Waals surface area contributed by atoms with E-state index in [1.807, 2.05) is 6.07 Å². The molecule has 3 heterocycles. The average Bonchev–Trinajstić information content (AvgIpc) is 3.48. The number of halogens is 3. The molecule has 0 radical (unpaired) electrons. The van der Waals surface area contributed by atoms with Gasteiger partial charge in [-0.15, -0.1) is 0 Å². The summed E-state index contributed by atoms with van der Waals surface area (Å²) < 4.78 is 57.8. The van der Waals surface area contributed by atoms with E-state index in [0.29, 0.717) is 51.4 Å². The van der Waals surface area contributed by atoms with Gasteiger partial charge in [-0.2, -0.15) is 23.1 Å². The molecule has 0 bridgehead atoms. The molecule has 0 spiro atoms. The normalized spacial score (nSPS) is 14.3. The van der Waals surface area contributed by atoms with Crippen molar-refractivity contribution in [2.45, 2.75) is 38.1 Å². The summed E-state index contributed by atoms with van der Waals surface area (Å²) in [6.45, 7) is 3.03. The number of piperidine rings is 1. The van der Waals surface area contributed by atoms with Crippen LogP contribution in [0.2, 0.25) is 0 Å². The maximum Gasteiger partial charge on any atom is 0.416 e. The fraction of sp³-hybridized carbons (Fsp3) is 0.324. The Morgan fingerprint density at radius 3 is 2.11 bits per heavy atom. The van der Waals surface area contributed by atoms with E-state index in [9.17, 15) is 13.2 Å². The van der Waals surface area contributed by atoms with Gasteiger partial charge < -0.3 is 29.4 Å². The third-order valence-corrected chi connectivity index (χ3v) is 8.20. The molecule has 1 aliphatic rings. The van der Waals surface area contributed by atoms with Gasteiger partial charge in [0.25, 0.3) is 0 Å². The Labute approximate surface area is 270 Å². The summed E-state index contributed by atoms with van der Waals surface area (Å²) in [5, 5.41) is 6.87. The largest absolute Gasteiger partial charge is 0.493 e. The molecule has 6 rings (SSSR count). The summed E-state index contributed by atoms with van der Waals surface area (Å²) in [6.07, 6.45) is -0.967. The van der Waals surface area contributed by atoms with Crippen molar-refractivity contribution in [2.75, 3.05) is 45.1 Å². The summed E-state index contributed by atoms with van der Waals surface area (Å²) >= 11 is 0. The number of nitrogens with one attached hydrogen (secondary N) is 2. The molecule has 10 nitrogen and oxygen atoms in total. The maximum absolute atomic E-state index is 13.2. The van der Waals surface area contributed by atoms with Crippen molar-refractivity contribution < 1.29 is 27.4 Å². The molecule has 1 saturated heterocycles. The number of ether oxygens (including phenoxy) is 3. The van der Waals surface area contributed by atoms with Gasteiger partial charge in [0.1, 0.15) is 0 Å². The highest BCUT2D eigenvalue weighted by molar-refractivity contribution is 5.87. The monoisotopic (exact) mass is 647 g/mol. The van der Waals surface area contributed by atoms with Crippen LogP contribution < -0.4 is 24.8 Å². The van der Waals surface area contributed by atoms with Gasteiger partial charge in [-0.25, -0.2) is 4.98 Å². The Morgan fingerprint density at radius 2 is 1.49 bits per heavy atom. The van der Waals surface area contributed by atoms with Crippen molar-refractivity contribution in [3.63, 3.8) is 0 Å². The number of benzene rings is 3. The van der Waals surface area contributed by atoms with E-state index in [4.69, 9.17) is 24.2 Å². The molecule has 2 N–H and O–H groups in total. The molecule has 13 heteroatoms. The van der Waals surface area contributed by atoms with Crippen LogP contribution in [0, 0.1) is 0 Å². The van der Waals surface area contributed by atoms with Crippen LogP contribution >= 0.6 is 0 Å². The topological polar surface area (TPSA) is 98.6 Å². The smallest absolute Gasteiger partial charge is 0.416 e. The van der Waals surface area contributed by atoms with Crippen LogP contribution in [0.1, 0.15) is 29.5 Å². The molecule has 1 fully saturated rings. The Kier molecular flexibility index (Phi) is 9.34. The number of hydrogen-bond donors (Lipinski definition) is 2. The van der Waals surface area contributed by atoms with Crippen LogP contribution in [0.25, 0.3) is 11.2 Å². The highest BCUT2D eigenvalue weighted by Crippen LogP contribution is 2.41.